The lowest BCUT2D eigenvalue weighted by molar-refractivity contribution is 0.103. The van der Waals surface area contributed by atoms with Gasteiger partial charge in [-0.25, -0.2) is 0 Å². The van der Waals surface area contributed by atoms with Crippen LogP contribution in [-0.4, -0.2) is 20.0 Å². The fourth-order valence-electron chi connectivity index (χ4n) is 1.84. The first-order valence-electron chi connectivity index (χ1n) is 6.14. The van der Waals surface area contributed by atoms with E-state index in [4.69, 9.17) is 0 Å². The highest BCUT2D eigenvalue weighted by Gasteiger charge is 2.12. The zero-order chi connectivity index (χ0) is 14.0. The molecule has 0 radical (unpaired) electrons. The molecule has 0 fully saturated rings. The molecule has 0 unspecified atom stereocenters. The molecule has 100 valence electrons. The second kappa shape index (κ2) is 5.45. The van der Waals surface area contributed by atoms with Crippen molar-refractivity contribution in [1.29, 1.82) is 0 Å². The van der Waals surface area contributed by atoms with Gasteiger partial charge in [-0.1, -0.05) is 12.1 Å². The molecule has 4 heteroatoms. The molecule has 1 N–H and O–H groups in total. The van der Waals surface area contributed by atoms with Gasteiger partial charge in [0.1, 0.15) is 0 Å². The Morgan fingerprint density at radius 3 is 2.47 bits per heavy atom. The fourth-order valence-corrected chi connectivity index (χ4v) is 2.77. The van der Waals surface area contributed by atoms with Crippen molar-refractivity contribution in [3.05, 3.63) is 45.6 Å². The highest BCUT2D eigenvalue weighted by Crippen LogP contribution is 2.26. The van der Waals surface area contributed by atoms with Crippen LogP contribution < -0.4 is 10.2 Å². The summed E-state index contributed by atoms with van der Waals surface area (Å²) in [6, 6.07) is 9.73. The maximum absolute atomic E-state index is 12.2. The van der Waals surface area contributed by atoms with Crippen molar-refractivity contribution in [3.8, 4) is 0 Å². The lowest BCUT2D eigenvalue weighted by Crippen LogP contribution is -2.15. The summed E-state index contributed by atoms with van der Waals surface area (Å²) in [7, 11) is 3.93. The summed E-state index contributed by atoms with van der Waals surface area (Å²) in [5.74, 6) is -0.0458. The number of thiophene rings is 1. The molecule has 3 nitrogen and oxygen atoms in total. The van der Waals surface area contributed by atoms with Crippen molar-refractivity contribution in [3.63, 3.8) is 0 Å². The Morgan fingerprint density at radius 2 is 1.89 bits per heavy atom. The minimum absolute atomic E-state index is 0.0458. The van der Waals surface area contributed by atoms with Gasteiger partial charge < -0.3 is 10.2 Å². The molecule has 2 rings (SSSR count). The Labute approximate surface area is 117 Å². The number of benzene rings is 1. The van der Waals surface area contributed by atoms with Gasteiger partial charge in [-0.2, -0.15) is 0 Å². The van der Waals surface area contributed by atoms with E-state index in [9.17, 15) is 4.79 Å². The topological polar surface area (TPSA) is 32.3 Å². The molecule has 0 saturated heterocycles. The molecule has 0 saturated carbocycles. The summed E-state index contributed by atoms with van der Waals surface area (Å²) >= 11 is 1.53. The Morgan fingerprint density at radius 1 is 1.21 bits per heavy atom. The van der Waals surface area contributed by atoms with Crippen molar-refractivity contribution in [2.75, 3.05) is 24.3 Å². The summed E-state index contributed by atoms with van der Waals surface area (Å²) in [6.07, 6.45) is 0. The molecule has 2 aromatic rings. The van der Waals surface area contributed by atoms with E-state index in [0.717, 1.165) is 21.8 Å². The van der Waals surface area contributed by atoms with E-state index in [0.29, 0.717) is 0 Å². The van der Waals surface area contributed by atoms with Gasteiger partial charge in [-0.05, 0) is 37.6 Å². The number of anilines is 2. The number of nitrogens with zero attached hydrogens (tertiary/aromatic N) is 1. The predicted octanol–water partition coefficient (Wildman–Crippen LogP) is 3.68. The first-order chi connectivity index (χ1) is 8.99. The zero-order valence-corrected chi connectivity index (χ0v) is 12.5. The van der Waals surface area contributed by atoms with Gasteiger partial charge in [0.25, 0.3) is 5.91 Å². The average molecular weight is 274 g/mol. The number of para-hydroxylation sites is 2. The number of hydrogen-bond acceptors (Lipinski definition) is 3. The van der Waals surface area contributed by atoms with Crippen LogP contribution in [0.25, 0.3) is 0 Å². The third-order valence-corrected chi connectivity index (χ3v) is 4.18. The maximum atomic E-state index is 12.2. The first kappa shape index (κ1) is 13.6. The molecular formula is C15H18N2OS. The molecule has 0 spiro atoms. The molecule has 0 aliphatic heterocycles. The minimum atomic E-state index is -0.0458. The van der Waals surface area contributed by atoms with E-state index in [1.807, 2.05) is 63.2 Å². The Kier molecular flexibility index (Phi) is 3.90. The summed E-state index contributed by atoms with van der Waals surface area (Å²) < 4.78 is 0. The second-order valence-corrected chi connectivity index (χ2v) is 5.97. The predicted molar refractivity (Wildman–Crippen MR) is 82.5 cm³/mol. The number of nitrogens with one attached hydrogen (secondary N) is 1. The number of amides is 1. The molecule has 1 amide bonds. The molecule has 0 atom stereocenters. The number of carbonyl (C=O) groups excluding carboxylic acids is 1. The van der Waals surface area contributed by atoms with Crippen LogP contribution in [0.15, 0.2) is 30.3 Å². The Hall–Kier alpha value is -1.81. The summed E-state index contributed by atoms with van der Waals surface area (Å²) in [5.41, 5.74) is 3.00. The molecule has 0 aliphatic rings. The molecule has 1 aromatic heterocycles. The van der Waals surface area contributed by atoms with Crippen molar-refractivity contribution in [2.24, 2.45) is 0 Å². The third kappa shape index (κ3) is 2.96. The smallest absolute Gasteiger partial charge is 0.265 e. The van der Waals surface area contributed by atoms with Crippen molar-refractivity contribution in [2.45, 2.75) is 13.8 Å². The van der Waals surface area contributed by atoms with Crippen LogP contribution in [0, 0.1) is 13.8 Å². The lowest BCUT2D eigenvalue weighted by Gasteiger charge is -2.17. The van der Waals surface area contributed by atoms with Crippen LogP contribution in [-0.2, 0) is 0 Å². The van der Waals surface area contributed by atoms with Gasteiger partial charge in [-0.3, -0.25) is 4.79 Å². The maximum Gasteiger partial charge on any atom is 0.265 e. The minimum Gasteiger partial charge on any atom is -0.376 e. The number of aryl methyl sites for hydroxylation is 2. The largest absolute Gasteiger partial charge is 0.376 e. The van der Waals surface area contributed by atoms with Crippen LogP contribution in [0.1, 0.15) is 20.1 Å². The lowest BCUT2D eigenvalue weighted by atomic mass is 10.2. The van der Waals surface area contributed by atoms with Crippen molar-refractivity contribution >= 4 is 28.6 Å². The van der Waals surface area contributed by atoms with Crippen LogP contribution in [0.4, 0.5) is 11.4 Å². The van der Waals surface area contributed by atoms with Gasteiger partial charge >= 0.3 is 0 Å². The summed E-state index contributed by atoms with van der Waals surface area (Å²) in [6.45, 7) is 4.06. The zero-order valence-electron chi connectivity index (χ0n) is 11.7. The number of carbonyl (C=O) groups is 1. The van der Waals surface area contributed by atoms with Gasteiger partial charge in [0, 0.05) is 19.0 Å². The van der Waals surface area contributed by atoms with Gasteiger partial charge in [0.05, 0.1) is 16.3 Å². The van der Waals surface area contributed by atoms with E-state index in [1.54, 1.807) is 0 Å². The van der Waals surface area contributed by atoms with Crippen molar-refractivity contribution < 1.29 is 4.79 Å². The standard InChI is InChI=1S/C15H18N2OS/c1-10-9-14(19-11(10)2)15(18)16-12-7-5-6-8-13(12)17(3)4/h5-9H,1-4H3,(H,16,18). The normalized spacial score (nSPS) is 10.3. The van der Waals surface area contributed by atoms with Crippen LogP contribution >= 0.6 is 11.3 Å². The summed E-state index contributed by atoms with van der Waals surface area (Å²) in [4.78, 5) is 16.2. The third-order valence-electron chi connectivity index (χ3n) is 3.02. The fraction of sp³-hybridized carbons (Fsp3) is 0.267. The molecule has 1 heterocycles. The van der Waals surface area contributed by atoms with Crippen LogP contribution in [0.2, 0.25) is 0 Å². The van der Waals surface area contributed by atoms with E-state index < -0.39 is 0 Å². The van der Waals surface area contributed by atoms with E-state index >= 15 is 0 Å². The first-order valence-corrected chi connectivity index (χ1v) is 6.95. The van der Waals surface area contributed by atoms with Gasteiger partial charge in [-0.15, -0.1) is 11.3 Å². The number of rotatable bonds is 3. The molecule has 0 bridgehead atoms. The van der Waals surface area contributed by atoms with E-state index in [-0.39, 0.29) is 5.91 Å². The quantitative estimate of drug-likeness (QED) is 0.926. The highest BCUT2D eigenvalue weighted by atomic mass is 32.1. The van der Waals surface area contributed by atoms with Gasteiger partial charge in [0.2, 0.25) is 0 Å². The van der Waals surface area contributed by atoms with Crippen LogP contribution in [0.3, 0.4) is 0 Å². The average Bonchev–Trinajstić information content (AvgIpc) is 2.70. The Bertz CT molecular complexity index is 582. The molecule has 0 aliphatic carbocycles. The van der Waals surface area contributed by atoms with Crippen LogP contribution in [0.5, 0.6) is 0 Å². The molecular weight excluding hydrogens is 256 g/mol. The van der Waals surface area contributed by atoms with Gasteiger partial charge in [0.15, 0.2) is 0 Å². The summed E-state index contributed by atoms with van der Waals surface area (Å²) in [5, 5.41) is 2.98. The SMILES string of the molecule is Cc1cc(C(=O)Nc2ccccc2N(C)C)sc1C. The van der Waals surface area contributed by atoms with E-state index in [2.05, 4.69) is 5.32 Å². The Balaban J connectivity index is 2.24. The van der Waals surface area contributed by atoms with E-state index in [1.165, 1.54) is 16.2 Å². The number of hydrogen-bond donors (Lipinski definition) is 1. The molecule has 19 heavy (non-hydrogen) atoms. The molecule has 1 aromatic carbocycles. The second-order valence-electron chi connectivity index (χ2n) is 4.72. The highest BCUT2D eigenvalue weighted by molar-refractivity contribution is 7.14. The van der Waals surface area contributed by atoms with Crippen molar-refractivity contribution in [1.82, 2.24) is 0 Å². The monoisotopic (exact) mass is 274 g/mol.